The van der Waals surface area contributed by atoms with Gasteiger partial charge in [0.25, 0.3) is 0 Å². The van der Waals surface area contributed by atoms with Crippen molar-refractivity contribution in [2.45, 2.75) is 69.6 Å². The van der Waals surface area contributed by atoms with Gasteiger partial charge < -0.3 is 16.0 Å². The van der Waals surface area contributed by atoms with Gasteiger partial charge in [-0.25, -0.2) is 5.43 Å². The minimum Gasteiger partial charge on any atom is -0.352 e. The molecule has 0 aromatic rings. The van der Waals surface area contributed by atoms with Crippen LogP contribution in [0.4, 0.5) is 13.2 Å². The number of carbonyl (C=O) groups excluding carboxylic acids is 2. The van der Waals surface area contributed by atoms with Crippen LogP contribution in [0.3, 0.4) is 0 Å². The first-order chi connectivity index (χ1) is 14.1. The lowest BCUT2D eigenvalue weighted by molar-refractivity contribution is -0.182. The SMILES string of the molecule is CC(C)C1CCC(NC(=O)C2NNSC2NC(=O)C2CNCC(C(F)(F)F)C2)CC1. The molecule has 3 aliphatic rings. The Morgan fingerprint density at radius 1 is 1.03 bits per heavy atom. The average Bonchev–Trinajstić information content (AvgIpc) is 3.16. The summed E-state index contributed by atoms with van der Waals surface area (Å²) in [5.74, 6) is -1.65. The summed E-state index contributed by atoms with van der Waals surface area (Å²) >= 11 is 1.15. The third kappa shape index (κ3) is 6.02. The molecule has 1 saturated carbocycles. The van der Waals surface area contributed by atoms with E-state index in [1.54, 1.807) is 0 Å². The highest BCUT2D eigenvalue weighted by atomic mass is 32.2. The van der Waals surface area contributed by atoms with E-state index < -0.39 is 35.3 Å². The lowest BCUT2D eigenvalue weighted by Gasteiger charge is -2.33. The first-order valence-electron chi connectivity index (χ1n) is 10.7. The normalized spacial score (nSPS) is 35.3. The monoisotopic (exact) mass is 451 g/mol. The highest BCUT2D eigenvalue weighted by Gasteiger charge is 2.45. The molecule has 0 bridgehead atoms. The average molecular weight is 452 g/mol. The van der Waals surface area contributed by atoms with Crippen LogP contribution >= 0.6 is 11.9 Å². The second kappa shape index (κ2) is 10.1. The van der Waals surface area contributed by atoms with Crippen LogP contribution in [0.2, 0.25) is 0 Å². The molecule has 2 aliphatic heterocycles. The van der Waals surface area contributed by atoms with Gasteiger partial charge in [0.05, 0.1) is 11.8 Å². The molecule has 11 heteroatoms. The zero-order valence-corrected chi connectivity index (χ0v) is 18.2. The van der Waals surface area contributed by atoms with Crippen LogP contribution in [0.25, 0.3) is 0 Å². The third-order valence-corrected chi connectivity index (χ3v) is 7.39. The molecule has 0 radical (unpaired) electrons. The van der Waals surface area contributed by atoms with Crippen molar-refractivity contribution < 1.29 is 22.8 Å². The van der Waals surface area contributed by atoms with Crippen LogP contribution < -0.4 is 26.2 Å². The van der Waals surface area contributed by atoms with Crippen LogP contribution in [0, 0.1) is 23.7 Å². The van der Waals surface area contributed by atoms with E-state index in [-0.39, 0.29) is 31.5 Å². The van der Waals surface area contributed by atoms with Crippen molar-refractivity contribution in [2.75, 3.05) is 13.1 Å². The molecule has 4 atom stereocenters. The summed E-state index contributed by atoms with van der Waals surface area (Å²) in [4.78, 5) is 28.1. The van der Waals surface area contributed by atoms with Crippen molar-refractivity contribution in [3.63, 3.8) is 0 Å². The minimum absolute atomic E-state index is 0.117. The molecule has 7 nitrogen and oxygen atoms in total. The molecule has 2 heterocycles. The van der Waals surface area contributed by atoms with E-state index in [0.29, 0.717) is 11.8 Å². The number of rotatable bonds is 5. The first-order valence-corrected chi connectivity index (χ1v) is 11.6. The zero-order chi connectivity index (χ0) is 21.9. The van der Waals surface area contributed by atoms with Crippen molar-refractivity contribution in [1.82, 2.24) is 26.2 Å². The molecule has 3 rings (SSSR count). The van der Waals surface area contributed by atoms with E-state index in [2.05, 4.69) is 40.1 Å². The van der Waals surface area contributed by atoms with E-state index in [0.717, 1.165) is 37.6 Å². The van der Waals surface area contributed by atoms with Gasteiger partial charge in [0.2, 0.25) is 11.8 Å². The first kappa shape index (κ1) is 23.6. The smallest absolute Gasteiger partial charge is 0.352 e. The van der Waals surface area contributed by atoms with Crippen LogP contribution in [-0.2, 0) is 9.59 Å². The van der Waals surface area contributed by atoms with E-state index in [4.69, 9.17) is 0 Å². The van der Waals surface area contributed by atoms with Crippen molar-refractivity contribution in [3.8, 4) is 0 Å². The molecule has 3 fully saturated rings. The van der Waals surface area contributed by atoms with Gasteiger partial charge in [-0.1, -0.05) is 13.8 Å². The lowest BCUT2D eigenvalue weighted by atomic mass is 9.79. The summed E-state index contributed by atoms with van der Waals surface area (Å²) in [6.45, 7) is 4.48. The Morgan fingerprint density at radius 3 is 2.37 bits per heavy atom. The van der Waals surface area contributed by atoms with Crippen LogP contribution in [0.15, 0.2) is 0 Å². The molecule has 0 aromatic heterocycles. The van der Waals surface area contributed by atoms with Gasteiger partial charge in [0.1, 0.15) is 11.4 Å². The van der Waals surface area contributed by atoms with Gasteiger partial charge in [-0.2, -0.15) is 18.0 Å². The summed E-state index contributed by atoms with van der Waals surface area (Å²) in [7, 11) is 0. The van der Waals surface area contributed by atoms with Crippen LogP contribution in [0.5, 0.6) is 0 Å². The number of carbonyl (C=O) groups is 2. The molecule has 5 N–H and O–H groups in total. The standard InChI is InChI=1S/C19H32F3N5O2S/c1-10(2)11-3-5-14(6-4-11)24-17(29)15-18(30-27-26-15)25-16(28)12-7-13(9-23-8-12)19(20,21)22/h10-15,18,23,26-27H,3-9H2,1-2H3,(H,24,29)(H,25,28). The van der Waals surface area contributed by atoms with Crippen LogP contribution in [-0.4, -0.2) is 48.5 Å². The minimum atomic E-state index is -4.33. The number of halogens is 3. The predicted molar refractivity (Wildman–Crippen MR) is 109 cm³/mol. The Bertz CT molecular complexity index is 613. The fourth-order valence-corrected chi connectivity index (χ4v) is 5.32. The van der Waals surface area contributed by atoms with Gasteiger partial charge in [0.15, 0.2) is 0 Å². The van der Waals surface area contributed by atoms with Crippen molar-refractivity contribution in [1.29, 1.82) is 0 Å². The Balaban J connectivity index is 1.49. The Labute approximate surface area is 179 Å². The van der Waals surface area contributed by atoms with Crippen LogP contribution in [0.1, 0.15) is 46.0 Å². The Morgan fingerprint density at radius 2 is 1.73 bits per heavy atom. The van der Waals surface area contributed by atoms with Crippen molar-refractivity contribution >= 4 is 23.8 Å². The molecule has 0 spiro atoms. The highest BCUT2D eigenvalue weighted by molar-refractivity contribution is 7.98. The topological polar surface area (TPSA) is 94.3 Å². The lowest BCUT2D eigenvalue weighted by Crippen LogP contribution is -2.56. The van der Waals surface area contributed by atoms with Gasteiger partial charge >= 0.3 is 6.18 Å². The number of nitrogens with one attached hydrogen (secondary N) is 5. The van der Waals surface area contributed by atoms with E-state index in [1.807, 2.05) is 0 Å². The molecule has 0 aromatic carbocycles. The highest BCUT2D eigenvalue weighted by Crippen LogP contribution is 2.33. The fraction of sp³-hybridized carbons (Fsp3) is 0.895. The number of hydrazine groups is 1. The molecule has 1 aliphatic carbocycles. The summed E-state index contributed by atoms with van der Waals surface area (Å²) in [6.07, 6.45) is -0.520. The maximum Gasteiger partial charge on any atom is 0.393 e. The van der Waals surface area contributed by atoms with E-state index >= 15 is 0 Å². The number of alkyl halides is 3. The fourth-order valence-electron chi connectivity index (χ4n) is 4.49. The summed E-state index contributed by atoms with van der Waals surface area (Å²) < 4.78 is 39.0. The number of hydrogen-bond acceptors (Lipinski definition) is 6. The van der Waals surface area contributed by atoms with Gasteiger partial charge in [0, 0.05) is 19.1 Å². The number of amides is 2. The quantitative estimate of drug-likeness (QED) is 0.409. The molecule has 2 saturated heterocycles. The molecule has 30 heavy (non-hydrogen) atoms. The summed E-state index contributed by atoms with van der Waals surface area (Å²) in [5, 5.41) is 7.92. The zero-order valence-electron chi connectivity index (χ0n) is 17.3. The Hall–Kier alpha value is -1.04. The Kier molecular flexibility index (Phi) is 7.92. The maximum absolute atomic E-state index is 13.0. The molecule has 172 valence electrons. The summed E-state index contributed by atoms with van der Waals surface area (Å²) in [6, 6.07) is -0.567. The maximum atomic E-state index is 13.0. The molecule has 4 unspecified atom stereocenters. The largest absolute Gasteiger partial charge is 0.393 e. The second-order valence-electron chi connectivity index (χ2n) is 8.96. The molecular formula is C19H32F3N5O2S. The van der Waals surface area contributed by atoms with Crippen molar-refractivity contribution in [3.05, 3.63) is 0 Å². The van der Waals surface area contributed by atoms with E-state index in [1.165, 1.54) is 0 Å². The summed E-state index contributed by atoms with van der Waals surface area (Å²) in [5.41, 5.74) is 2.85. The van der Waals surface area contributed by atoms with E-state index in [9.17, 15) is 22.8 Å². The number of hydrogen-bond donors (Lipinski definition) is 5. The second-order valence-corrected chi connectivity index (χ2v) is 9.91. The van der Waals surface area contributed by atoms with Gasteiger partial charge in [-0.05, 0) is 55.9 Å². The van der Waals surface area contributed by atoms with Gasteiger partial charge in [-0.3, -0.25) is 9.59 Å². The van der Waals surface area contributed by atoms with Crippen molar-refractivity contribution in [2.24, 2.45) is 23.7 Å². The molecular weight excluding hydrogens is 419 g/mol. The number of piperidine rings is 1. The van der Waals surface area contributed by atoms with Gasteiger partial charge in [-0.15, -0.1) is 0 Å². The predicted octanol–water partition coefficient (Wildman–Crippen LogP) is 1.67. The third-order valence-electron chi connectivity index (χ3n) is 6.52. The molecule has 2 amide bonds.